The first-order valence-corrected chi connectivity index (χ1v) is 2.85. The molecule has 1 nitrogen and oxygen atoms in total. The van der Waals surface area contributed by atoms with E-state index in [4.69, 9.17) is 17.0 Å². The predicted molar refractivity (Wildman–Crippen MR) is 32.3 cm³/mol. The molecule has 0 aromatic carbocycles. The summed E-state index contributed by atoms with van der Waals surface area (Å²) >= 11 is 4.77. The van der Waals surface area contributed by atoms with Crippen molar-refractivity contribution in [1.29, 1.82) is 0 Å². The Morgan fingerprint density at radius 2 is 2.57 bits per heavy atom. The van der Waals surface area contributed by atoms with Crippen molar-refractivity contribution in [1.82, 2.24) is 0 Å². The largest absolute Gasteiger partial charge is 0.487 e. The van der Waals surface area contributed by atoms with Crippen LogP contribution < -0.4 is 0 Å². The molecule has 0 N–H and O–H groups in total. The highest BCUT2D eigenvalue weighted by atomic mass is 32.1. The van der Waals surface area contributed by atoms with E-state index in [-0.39, 0.29) is 0 Å². The Kier molecular flexibility index (Phi) is 1.28. The van der Waals surface area contributed by atoms with Gasteiger partial charge in [-0.25, -0.2) is 0 Å². The van der Waals surface area contributed by atoms with Gasteiger partial charge in [0.15, 0.2) is 5.05 Å². The molecular formula is C5H8OS. The Balaban J connectivity index is 2.40. The molecule has 1 heterocycles. The zero-order chi connectivity index (χ0) is 5.28. The highest BCUT2D eigenvalue weighted by Gasteiger charge is 2.14. The second kappa shape index (κ2) is 1.78. The molecule has 40 valence electrons. The van der Waals surface area contributed by atoms with E-state index >= 15 is 0 Å². The molecule has 2 heteroatoms. The average Bonchev–Trinajstić information content (AvgIpc) is 1.87. The fraction of sp³-hybridized carbons (Fsp3) is 0.800. The van der Waals surface area contributed by atoms with Crippen molar-refractivity contribution >= 4 is 17.3 Å². The van der Waals surface area contributed by atoms with Gasteiger partial charge in [0.25, 0.3) is 0 Å². The van der Waals surface area contributed by atoms with Crippen LogP contribution in [0.4, 0.5) is 0 Å². The number of ether oxygens (including phenoxy) is 1. The molecule has 0 amide bonds. The Hall–Kier alpha value is -0.110. The molecule has 0 aromatic heterocycles. The van der Waals surface area contributed by atoms with Crippen LogP contribution in [-0.2, 0) is 4.74 Å². The van der Waals surface area contributed by atoms with E-state index in [0.717, 1.165) is 18.1 Å². The standard InChI is InChI=1S/C5H8OS/c1-4-2-5(7)6-3-4/h4H,2-3H2,1H3. The van der Waals surface area contributed by atoms with E-state index in [1.807, 2.05) is 0 Å². The second-order valence-electron chi connectivity index (χ2n) is 1.99. The lowest BCUT2D eigenvalue weighted by Gasteiger charge is -1.88. The van der Waals surface area contributed by atoms with Gasteiger partial charge in [-0.05, 0) is 18.1 Å². The van der Waals surface area contributed by atoms with Crippen molar-refractivity contribution in [3.05, 3.63) is 0 Å². The second-order valence-corrected chi connectivity index (χ2v) is 2.45. The van der Waals surface area contributed by atoms with Crippen molar-refractivity contribution in [2.24, 2.45) is 5.92 Å². The van der Waals surface area contributed by atoms with Gasteiger partial charge in [-0.1, -0.05) is 6.92 Å². The van der Waals surface area contributed by atoms with Crippen LogP contribution in [0.25, 0.3) is 0 Å². The lowest BCUT2D eigenvalue weighted by molar-refractivity contribution is 0.314. The van der Waals surface area contributed by atoms with Crippen LogP contribution in [0, 0.1) is 5.92 Å². The molecular weight excluding hydrogens is 108 g/mol. The average molecular weight is 116 g/mol. The third-order valence-corrected chi connectivity index (χ3v) is 1.33. The molecule has 1 unspecified atom stereocenters. The first-order chi connectivity index (χ1) is 3.29. The lowest BCUT2D eigenvalue weighted by Crippen LogP contribution is -1.88. The zero-order valence-electron chi connectivity index (χ0n) is 4.31. The molecule has 0 bridgehead atoms. The van der Waals surface area contributed by atoms with Crippen molar-refractivity contribution in [3.63, 3.8) is 0 Å². The van der Waals surface area contributed by atoms with Gasteiger partial charge in [0.1, 0.15) is 0 Å². The zero-order valence-corrected chi connectivity index (χ0v) is 5.12. The molecule has 1 fully saturated rings. The SMILES string of the molecule is CC1COC(=S)C1. The van der Waals surface area contributed by atoms with Crippen molar-refractivity contribution in [2.75, 3.05) is 6.61 Å². The van der Waals surface area contributed by atoms with Gasteiger partial charge >= 0.3 is 0 Å². The summed E-state index contributed by atoms with van der Waals surface area (Å²) in [4.78, 5) is 0. The van der Waals surface area contributed by atoms with Gasteiger partial charge in [0.2, 0.25) is 0 Å². The van der Waals surface area contributed by atoms with Crippen LogP contribution in [0.3, 0.4) is 0 Å². The summed E-state index contributed by atoms with van der Waals surface area (Å²) in [5.41, 5.74) is 0. The van der Waals surface area contributed by atoms with E-state index in [1.54, 1.807) is 0 Å². The van der Waals surface area contributed by atoms with Crippen molar-refractivity contribution in [3.8, 4) is 0 Å². The normalized spacial score (nSPS) is 30.4. The van der Waals surface area contributed by atoms with Crippen LogP contribution in [0.2, 0.25) is 0 Å². The fourth-order valence-corrected chi connectivity index (χ4v) is 0.990. The van der Waals surface area contributed by atoms with Gasteiger partial charge in [-0.2, -0.15) is 0 Å². The van der Waals surface area contributed by atoms with E-state index < -0.39 is 0 Å². The minimum atomic E-state index is 0.660. The highest BCUT2D eigenvalue weighted by molar-refractivity contribution is 7.80. The van der Waals surface area contributed by atoms with E-state index in [2.05, 4.69) is 6.92 Å². The minimum Gasteiger partial charge on any atom is -0.487 e. The van der Waals surface area contributed by atoms with Gasteiger partial charge in [0.05, 0.1) is 6.61 Å². The Morgan fingerprint density at radius 3 is 2.71 bits per heavy atom. The maximum absolute atomic E-state index is 5.00. The van der Waals surface area contributed by atoms with Gasteiger partial charge < -0.3 is 4.74 Å². The summed E-state index contributed by atoms with van der Waals surface area (Å²) in [6.45, 7) is 2.97. The van der Waals surface area contributed by atoms with Gasteiger partial charge in [0, 0.05) is 6.42 Å². The summed E-state index contributed by atoms with van der Waals surface area (Å²) in [7, 11) is 0. The molecule has 0 aliphatic carbocycles. The van der Waals surface area contributed by atoms with Crippen LogP contribution in [0.5, 0.6) is 0 Å². The molecule has 1 atom stereocenters. The topological polar surface area (TPSA) is 9.23 Å². The van der Waals surface area contributed by atoms with Crippen LogP contribution in [0.1, 0.15) is 13.3 Å². The molecule has 0 radical (unpaired) electrons. The Bertz CT molecular complexity index is 90.1. The minimum absolute atomic E-state index is 0.660. The Morgan fingerprint density at radius 1 is 1.86 bits per heavy atom. The smallest absolute Gasteiger partial charge is 0.160 e. The molecule has 1 aliphatic rings. The quantitative estimate of drug-likeness (QED) is 0.442. The van der Waals surface area contributed by atoms with Gasteiger partial charge in [-0.3, -0.25) is 0 Å². The van der Waals surface area contributed by atoms with Crippen molar-refractivity contribution in [2.45, 2.75) is 13.3 Å². The number of thiocarbonyl (C=S) groups is 1. The monoisotopic (exact) mass is 116 g/mol. The third-order valence-electron chi connectivity index (χ3n) is 1.04. The summed E-state index contributed by atoms with van der Waals surface area (Å²) in [6, 6.07) is 0. The van der Waals surface area contributed by atoms with E-state index in [0.29, 0.717) is 5.92 Å². The predicted octanol–water partition coefficient (Wildman–Crippen LogP) is 1.37. The molecule has 1 saturated heterocycles. The number of rotatable bonds is 0. The summed E-state index contributed by atoms with van der Waals surface area (Å²) in [5, 5.41) is 0.785. The maximum Gasteiger partial charge on any atom is 0.160 e. The van der Waals surface area contributed by atoms with Crippen LogP contribution in [0.15, 0.2) is 0 Å². The summed E-state index contributed by atoms with van der Waals surface area (Å²) in [6.07, 6.45) is 0.981. The van der Waals surface area contributed by atoms with E-state index in [1.165, 1.54) is 0 Å². The van der Waals surface area contributed by atoms with Crippen molar-refractivity contribution < 1.29 is 4.74 Å². The molecule has 0 saturated carbocycles. The third kappa shape index (κ3) is 1.13. The first-order valence-electron chi connectivity index (χ1n) is 2.44. The Labute approximate surface area is 48.7 Å². The molecule has 7 heavy (non-hydrogen) atoms. The highest BCUT2D eigenvalue weighted by Crippen LogP contribution is 2.12. The lowest BCUT2D eigenvalue weighted by atomic mass is 10.2. The first kappa shape index (κ1) is 5.04. The number of hydrogen-bond acceptors (Lipinski definition) is 2. The van der Waals surface area contributed by atoms with Gasteiger partial charge in [-0.15, -0.1) is 0 Å². The summed E-state index contributed by atoms with van der Waals surface area (Å²) < 4.78 is 5.00. The number of hydrogen-bond donors (Lipinski definition) is 0. The van der Waals surface area contributed by atoms with Crippen LogP contribution >= 0.6 is 12.2 Å². The molecule has 1 rings (SSSR count). The van der Waals surface area contributed by atoms with E-state index in [9.17, 15) is 0 Å². The summed E-state index contributed by atoms with van der Waals surface area (Å²) in [5.74, 6) is 0.660. The van der Waals surface area contributed by atoms with Crippen LogP contribution in [-0.4, -0.2) is 11.7 Å². The molecule has 0 spiro atoms. The fourth-order valence-electron chi connectivity index (χ4n) is 0.638. The molecule has 1 aliphatic heterocycles. The maximum atomic E-state index is 5.00. The molecule has 0 aromatic rings.